The summed E-state index contributed by atoms with van der Waals surface area (Å²) in [5, 5.41) is 1.09. The topological polar surface area (TPSA) is 77.8 Å². The Labute approximate surface area is 105 Å². The lowest BCUT2D eigenvalue weighted by Gasteiger charge is -1.96. The van der Waals surface area contributed by atoms with E-state index in [0.717, 1.165) is 22.3 Å². The van der Waals surface area contributed by atoms with Crippen molar-refractivity contribution in [2.75, 3.05) is 11.5 Å². The highest BCUT2D eigenvalue weighted by Crippen LogP contribution is 2.13. The van der Waals surface area contributed by atoms with Gasteiger partial charge in [0, 0.05) is 35.4 Å². The van der Waals surface area contributed by atoms with Crippen LogP contribution >= 0.6 is 0 Å². The van der Waals surface area contributed by atoms with Crippen LogP contribution in [0.5, 0.6) is 0 Å². The molecule has 0 fully saturated rings. The Balaban J connectivity index is 0.000000149. The van der Waals surface area contributed by atoms with Crippen molar-refractivity contribution < 1.29 is 0 Å². The van der Waals surface area contributed by atoms with Crippen molar-refractivity contribution in [1.29, 1.82) is 0 Å². The molecule has 90 valence electrons. The van der Waals surface area contributed by atoms with Crippen LogP contribution in [0.1, 0.15) is 0 Å². The van der Waals surface area contributed by atoms with Crippen molar-refractivity contribution in [2.45, 2.75) is 0 Å². The van der Waals surface area contributed by atoms with E-state index in [1.807, 2.05) is 30.3 Å². The normalized spacial score (nSPS) is 9.56. The maximum absolute atomic E-state index is 5.60. The second-order valence-electron chi connectivity index (χ2n) is 3.74. The van der Waals surface area contributed by atoms with E-state index in [1.165, 1.54) is 0 Å². The minimum Gasteiger partial charge on any atom is -0.399 e. The van der Waals surface area contributed by atoms with E-state index in [1.54, 1.807) is 30.7 Å². The first kappa shape index (κ1) is 11.9. The van der Waals surface area contributed by atoms with Gasteiger partial charge in [0.05, 0.1) is 5.52 Å². The Morgan fingerprint density at radius 1 is 0.778 bits per heavy atom. The van der Waals surface area contributed by atoms with Crippen molar-refractivity contribution >= 4 is 22.3 Å². The van der Waals surface area contributed by atoms with Crippen molar-refractivity contribution in [3.8, 4) is 0 Å². The summed E-state index contributed by atoms with van der Waals surface area (Å²) < 4.78 is 0. The van der Waals surface area contributed by atoms with Gasteiger partial charge in [-0.25, -0.2) is 0 Å². The zero-order valence-corrected chi connectivity index (χ0v) is 9.82. The SMILES string of the molecule is Nc1ccc2ncccc2c1.Nc1ccncc1. The molecule has 0 spiro atoms. The number of pyridine rings is 2. The van der Waals surface area contributed by atoms with E-state index in [-0.39, 0.29) is 0 Å². The number of rotatable bonds is 0. The van der Waals surface area contributed by atoms with E-state index in [0.29, 0.717) is 0 Å². The van der Waals surface area contributed by atoms with Crippen molar-refractivity contribution in [3.63, 3.8) is 0 Å². The smallest absolute Gasteiger partial charge is 0.0703 e. The molecule has 18 heavy (non-hydrogen) atoms. The zero-order valence-electron chi connectivity index (χ0n) is 9.82. The molecule has 0 saturated carbocycles. The predicted octanol–water partition coefficient (Wildman–Crippen LogP) is 2.48. The minimum atomic E-state index is 0.759. The van der Waals surface area contributed by atoms with Crippen LogP contribution in [-0.4, -0.2) is 9.97 Å². The molecule has 2 heterocycles. The molecule has 0 aliphatic heterocycles. The van der Waals surface area contributed by atoms with Gasteiger partial charge in [0.2, 0.25) is 0 Å². The molecule has 1 aromatic carbocycles. The highest BCUT2D eigenvalue weighted by Gasteiger charge is 1.91. The second kappa shape index (κ2) is 5.63. The fourth-order valence-corrected chi connectivity index (χ4v) is 1.46. The summed E-state index contributed by atoms with van der Waals surface area (Å²) in [7, 11) is 0. The van der Waals surface area contributed by atoms with Gasteiger partial charge >= 0.3 is 0 Å². The van der Waals surface area contributed by atoms with Crippen LogP contribution in [0.25, 0.3) is 10.9 Å². The molecule has 0 amide bonds. The molecule has 4 N–H and O–H groups in total. The van der Waals surface area contributed by atoms with Crippen LogP contribution in [-0.2, 0) is 0 Å². The minimum absolute atomic E-state index is 0.759. The van der Waals surface area contributed by atoms with E-state index in [2.05, 4.69) is 9.97 Å². The molecule has 0 aliphatic carbocycles. The first-order valence-electron chi connectivity index (χ1n) is 5.51. The molecule has 0 bridgehead atoms. The van der Waals surface area contributed by atoms with Crippen molar-refractivity contribution in [2.24, 2.45) is 0 Å². The summed E-state index contributed by atoms with van der Waals surface area (Å²) in [6.07, 6.45) is 5.10. The fourth-order valence-electron chi connectivity index (χ4n) is 1.46. The largest absolute Gasteiger partial charge is 0.399 e. The lowest BCUT2D eigenvalue weighted by atomic mass is 10.2. The van der Waals surface area contributed by atoms with Crippen LogP contribution in [0, 0.1) is 0 Å². The molecular formula is C14H14N4. The molecule has 2 aromatic heterocycles. The lowest BCUT2D eigenvalue weighted by molar-refractivity contribution is 1.33. The lowest BCUT2D eigenvalue weighted by Crippen LogP contribution is -1.84. The third kappa shape index (κ3) is 3.18. The molecule has 3 aromatic rings. The van der Waals surface area contributed by atoms with E-state index < -0.39 is 0 Å². The van der Waals surface area contributed by atoms with E-state index >= 15 is 0 Å². The van der Waals surface area contributed by atoms with Crippen LogP contribution in [0.4, 0.5) is 11.4 Å². The van der Waals surface area contributed by atoms with Gasteiger partial charge in [-0.1, -0.05) is 6.07 Å². The Kier molecular flexibility index (Phi) is 3.71. The molecular weight excluding hydrogens is 224 g/mol. The maximum Gasteiger partial charge on any atom is 0.0703 e. The van der Waals surface area contributed by atoms with Gasteiger partial charge in [-0.2, -0.15) is 0 Å². The Bertz CT molecular complexity index is 623. The van der Waals surface area contributed by atoms with Crippen molar-refractivity contribution in [3.05, 3.63) is 61.1 Å². The molecule has 0 saturated heterocycles. The monoisotopic (exact) mass is 238 g/mol. The highest BCUT2D eigenvalue weighted by molar-refractivity contribution is 5.81. The second-order valence-corrected chi connectivity index (χ2v) is 3.74. The molecule has 0 aliphatic rings. The van der Waals surface area contributed by atoms with E-state index in [4.69, 9.17) is 11.5 Å². The number of nitrogens with two attached hydrogens (primary N) is 2. The molecule has 4 nitrogen and oxygen atoms in total. The molecule has 0 atom stereocenters. The van der Waals surface area contributed by atoms with Gasteiger partial charge in [-0.15, -0.1) is 0 Å². The first-order valence-corrected chi connectivity index (χ1v) is 5.51. The summed E-state index contributed by atoms with van der Waals surface area (Å²) in [5.74, 6) is 0. The summed E-state index contributed by atoms with van der Waals surface area (Å²) in [5.41, 5.74) is 13.4. The number of nitrogen functional groups attached to an aromatic ring is 2. The molecule has 3 rings (SSSR count). The predicted molar refractivity (Wildman–Crippen MR) is 74.8 cm³/mol. The molecule has 0 radical (unpaired) electrons. The van der Waals surface area contributed by atoms with Gasteiger partial charge < -0.3 is 11.5 Å². The number of hydrogen-bond acceptors (Lipinski definition) is 4. The van der Waals surface area contributed by atoms with Crippen LogP contribution < -0.4 is 11.5 Å². The first-order chi connectivity index (χ1) is 8.75. The summed E-state index contributed by atoms with van der Waals surface area (Å²) in [6.45, 7) is 0. The van der Waals surface area contributed by atoms with Crippen molar-refractivity contribution in [1.82, 2.24) is 9.97 Å². The van der Waals surface area contributed by atoms with Gasteiger partial charge in [0.1, 0.15) is 0 Å². The number of hydrogen-bond donors (Lipinski definition) is 2. The number of anilines is 2. The van der Waals surface area contributed by atoms with E-state index in [9.17, 15) is 0 Å². The summed E-state index contributed by atoms with van der Waals surface area (Å²) in [4.78, 5) is 7.93. The fraction of sp³-hybridized carbons (Fsp3) is 0. The Morgan fingerprint density at radius 2 is 1.56 bits per heavy atom. The van der Waals surface area contributed by atoms with Gasteiger partial charge in [-0.3, -0.25) is 9.97 Å². The highest BCUT2D eigenvalue weighted by atomic mass is 14.6. The quantitative estimate of drug-likeness (QED) is 0.590. The number of aromatic nitrogens is 2. The van der Waals surface area contributed by atoms with Gasteiger partial charge in [0.25, 0.3) is 0 Å². The van der Waals surface area contributed by atoms with Crippen LogP contribution in [0.2, 0.25) is 0 Å². The standard InChI is InChI=1S/C9H8N2.C5H6N2/c10-8-3-4-9-7(6-8)2-1-5-11-9;6-5-1-3-7-4-2-5/h1-6H,10H2;1-4H,(H2,6,7). The molecule has 4 heteroatoms. The third-order valence-electron chi connectivity index (χ3n) is 2.33. The average molecular weight is 238 g/mol. The Morgan fingerprint density at radius 3 is 2.22 bits per heavy atom. The summed E-state index contributed by atoms with van der Waals surface area (Å²) >= 11 is 0. The van der Waals surface area contributed by atoms with Crippen LogP contribution in [0.3, 0.4) is 0 Å². The average Bonchev–Trinajstić information content (AvgIpc) is 2.40. The maximum atomic E-state index is 5.60. The number of benzene rings is 1. The third-order valence-corrected chi connectivity index (χ3v) is 2.33. The van der Waals surface area contributed by atoms with Gasteiger partial charge in [-0.05, 0) is 36.4 Å². The molecule has 0 unspecified atom stereocenters. The Hall–Kier alpha value is -2.62. The number of nitrogens with zero attached hydrogens (tertiary/aromatic N) is 2. The number of fused-ring (bicyclic) bond motifs is 1. The summed E-state index contributed by atoms with van der Waals surface area (Å²) in [6, 6.07) is 13.1. The van der Waals surface area contributed by atoms with Gasteiger partial charge in [0.15, 0.2) is 0 Å². The zero-order chi connectivity index (χ0) is 12.8. The van der Waals surface area contributed by atoms with Crippen LogP contribution in [0.15, 0.2) is 61.1 Å².